The Balaban J connectivity index is 1.89. The molecular weight excluding hydrogens is 206 g/mol. The average Bonchev–Trinajstić information content (AvgIpc) is 2.75. The molecule has 0 spiro atoms. The van der Waals surface area contributed by atoms with E-state index in [1.165, 1.54) is 5.56 Å². The molecule has 0 fully saturated rings. The van der Waals surface area contributed by atoms with Crippen LogP contribution in [0.4, 0.5) is 0 Å². The minimum absolute atomic E-state index is 0.656. The zero-order valence-electron chi connectivity index (χ0n) is 9.69. The number of aromatic nitrogens is 4. The van der Waals surface area contributed by atoms with Crippen LogP contribution >= 0.6 is 0 Å². The first-order valence-corrected chi connectivity index (χ1v) is 5.14. The predicted octanol–water partition coefficient (Wildman–Crippen LogP) is 0.710. The van der Waals surface area contributed by atoms with Gasteiger partial charge in [0.1, 0.15) is 11.4 Å². The Labute approximate surface area is 93.6 Å². The van der Waals surface area contributed by atoms with Crippen molar-refractivity contribution in [3.63, 3.8) is 0 Å². The van der Waals surface area contributed by atoms with Gasteiger partial charge in [-0.05, 0) is 13.8 Å². The quantitative estimate of drug-likeness (QED) is 0.823. The molecule has 0 amide bonds. The van der Waals surface area contributed by atoms with E-state index in [0.717, 1.165) is 23.6 Å². The molecule has 2 aromatic rings. The van der Waals surface area contributed by atoms with E-state index >= 15 is 0 Å². The second-order valence-electron chi connectivity index (χ2n) is 3.81. The number of aryl methyl sites for hydroxylation is 3. The van der Waals surface area contributed by atoms with Crippen molar-refractivity contribution in [3.8, 4) is 0 Å². The summed E-state index contributed by atoms with van der Waals surface area (Å²) in [5, 5.41) is 15.1. The summed E-state index contributed by atoms with van der Waals surface area (Å²) < 4.78 is 6.43. The van der Waals surface area contributed by atoms with E-state index in [-0.39, 0.29) is 0 Å². The summed E-state index contributed by atoms with van der Waals surface area (Å²) >= 11 is 0. The monoisotopic (exact) mass is 221 g/mol. The molecule has 2 rings (SSSR count). The van der Waals surface area contributed by atoms with Crippen molar-refractivity contribution in [2.24, 2.45) is 7.05 Å². The van der Waals surface area contributed by atoms with Gasteiger partial charge < -0.3 is 5.32 Å². The average molecular weight is 221 g/mol. The first-order chi connectivity index (χ1) is 7.66. The van der Waals surface area contributed by atoms with Crippen LogP contribution in [0.25, 0.3) is 0 Å². The fourth-order valence-electron chi connectivity index (χ4n) is 1.55. The molecule has 1 N–H and O–H groups in total. The zero-order valence-corrected chi connectivity index (χ0v) is 9.69. The van der Waals surface area contributed by atoms with Crippen LogP contribution < -0.4 is 5.32 Å². The van der Waals surface area contributed by atoms with Crippen LogP contribution in [0.1, 0.15) is 22.6 Å². The van der Waals surface area contributed by atoms with Gasteiger partial charge in [0.25, 0.3) is 0 Å². The molecule has 0 saturated heterocycles. The van der Waals surface area contributed by atoms with Crippen LogP contribution in [0.3, 0.4) is 0 Å². The van der Waals surface area contributed by atoms with E-state index in [4.69, 9.17) is 0 Å². The lowest BCUT2D eigenvalue weighted by atomic mass is 10.2. The van der Waals surface area contributed by atoms with Gasteiger partial charge in [-0.2, -0.15) is 5.10 Å². The van der Waals surface area contributed by atoms with Gasteiger partial charge in [-0.25, -0.2) is 4.63 Å². The maximum atomic E-state index is 4.62. The molecule has 6 heteroatoms. The van der Waals surface area contributed by atoms with Crippen molar-refractivity contribution in [3.05, 3.63) is 28.8 Å². The van der Waals surface area contributed by atoms with Crippen LogP contribution in [0.15, 0.2) is 10.8 Å². The Hall–Kier alpha value is -1.69. The van der Waals surface area contributed by atoms with Crippen molar-refractivity contribution in [2.75, 3.05) is 0 Å². The third kappa shape index (κ3) is 2.27. The summed E-state index contributed by atoms with van der Waals surface area (Å²) in [6.07, 6.45) is 2.01. The van der Waals surface area contributed by atoms with Gasteiger partial charge in [-0.1, -0.05) is 10.3 Å². The van der Waals surface area contributed by atoms with Crippen LogP contribution in [-0.2, 0) is 20.1 Å². The number of nitrogens with one attached hydrogen (secondary N) is 1. The van der Waals surface area contributed by atoms with E-state index in [1.54, 1.807) is 0 Å². The van der Waals surface area contributed by atoms with Gasteiger partial charge in [0.15, 0.2) is 0 Å². The zero-order chi connectivity index (χ0) is 11.5. The number of nitrogens with zero attached hydrogens (tertiary/aromatic N) is 4. The van der Waals surface area contributed by atoms with Gasteiger partial charge in [0.05, 0.1) is 5.69 Å². The van der Waals surface area contributed by atoms with Crippen LogP contribution in [0.5, 0.6) is 0 Å². The molecule has 0 unspecified atom stereocenters. The molecule has 0 bridgehead atoms. The van der Waals surface area contributed by atoms with Gasteiger partial charge in [0, 0.05) is 31.9 Å². The molecule has 0 aliphatic rings. The Morgan fingerprint density at radius 1 is 1.25 bits per heavy atom. The molecule has 6 nitrogen and oxygen atoms in total. The largest absolute Gasteiger partial charge is 0.307 e. The predicted molar refractivity (Wildman–Crippen MR) is 57.5 cm³/mol. The third-order valence-electron chi connectivity index (χ3n) is 2.47. The molecule has 0 aliphatic heterocycles. The summed E-state index contributed by atoms with van der Waals surface area (Å²) in [5.74, 6) is 0. The van der Waals surface area contributed by atoms with Gasteiger partial charge >= 0.3 is 0 Å². The van der Waals surface area contributed by atoms with Crippen molar-refractivity contribution in [2.45, 2.75) is 26.9 Å². The van der Waals surface area contributed by atoms with Gasteiger partial charge in [-0.15, -0.1) is 0 Å². The summed E-state index contributed by atoms with van der Waals surface area (Å²) in [6.45, 7) is 5.30. The first-order valence-electron chi connectivity index (χ1n) is 5.14. The normalized spacial score (nSPS) is 10.9. The number of rotatable bonds is 4. The lowest BCUT2D eigenvalue weighted by molar-refractivity contribution is 0.300. The van der Waals surface area contributed by atoms with Crippen LogP contribution in [0, 0.1) is 13.8 Å². The maximum absolute atomic E-state index is 4.62. The lowest BCUT2D eigenvalue weighted by Crippen LogP contribution is -2.13. The molecule has 0 radical (unpaired) electrons. The first kappa shape index (κ1) is 10.8. The third-order valence-corrected chi connectivity index (χ3v) is 2.47. The van der Waals surface area contributed by atoms with Gasteiger partial charge in [-0.3, -0.25) is 4.68 Å². The maximum Gasteiger partial charge on any atom is 0.121 e. The molecule has 0 aliphatic carbocycles. The van der Waals surface area contributed by atoms with Gasteiger partial charge in [0.2, 0.25) is 0 Å². The van der Waals surface area contributed by atoms with E-state index in [9.17, 15) is 0 Å². The summed E-state index contributed by atoms with van der Waals surface area (Å²) in [7, 11) is 1.92. The minimum Gasteiger partial charge on any atom is -0.307 e. The van der Waals surface area contributed by atoms with Crippen molar-refractivity contribution >= 4 is 0 Å². The second kappa shape index (κ2) is 4.44. The molecule has 0 aromatic carbocycles. The fraction of sp³-hybridized carbons (Fsp3) is 0.500. The molecule has 86 valence electrons. The highest BCUT2D eigenvalue weighted by atomic mass is 16.6. The second-order valence-corrected chi connectivity index (χ2v) is 3.81. The van der Waals surface area contributed by atoms with E-state index < -0.39 is 0 Å². The molecule has 2 aromatic heterocycles. The molecule has 16 heavy (non-hydrogen) atoms. The topological polar surface area (TPSA) is 68.8 Å². The summed E-state index contributed by atoms with van der Waals surface area (Å²) in [4.78, 5) is 0. The molecule has 2 heterocycles. The van der Waals surface area contributed by atoms with E-state index in [2.05, 4.69) is 25.4 Å². The Bertz CT molecular complexity index is 473. The summed E-state index contributed by atoms with van der Waals surface area (Å²) in [5.41, 5.74) is 3.92. The Morgan fingerprint density at radius 2 is 2.06 bits per heavy atom. The highest BCUT2D eigenvalue weighted by Crippen LogP contribution is 2.05. The molecule has 0 atom stereocenters. The SMILES string of the molecule is Cc1nn(C)cc1CNCc1nonc1C. The Morgan fingerprint density at radius 3 is 2.62 bits per heavy atom. The minimum atomic E-state index is 0.656. The Kier molecular flexibility index (Phi) is 3.00. The smallest absolute Gasteiger partial charge is 0.121 e. The fourth-order valence-corrected chi connectivity index (χ4v) is 1.55. The number of hydrogen-bond acceptors (Lipinski definition) is 5. The highest BCUT2D eigenvalue weighted by molar-refractivity contribution is 5.15. The van der Waals surface area contributed by atoms with E-state index in [1.807, 2.05) is 31.8 Å². The van der Waals surface area contributed by atoms with Crippen molar-refractivity contribution in [1.29, 1.82) is 0 Å². The molecular formula is C10H15N5O. The number of hydrogen-bond donors (Lipinski definition) is 1. The highest BCUT2D eigenvalue weighted by Gasteiger charge is 2.06. The standard InChI is InChI=1S/C10H15N5O/c1-7-9(6-15(3)12-7)4-11-5-10-8(2)13-16-14-10/h6,11H,4-5H2,1-3H3. The summed E-state index contributed by atoms with van der Waals surface area (Å²) in [6, 6.07) is 0. The molecule has 0 saturated carbocycles. The lowest BCUT2D eigenvalue weighted by Gasteiger charge is -2.00. The van der Waals surface area contributed by atoms with Crippen LogP contribution in [0.2, 0.25) is 0 Å². The van der Waals surface area contributed by atoms with Crippen LogP contribution in [-0.4, -0.2) is 20.1 Å². The van der Waals surface area contributed by atoms with E-state index in [0.29, 0.717) is 6.54 Å². The van der Waals surface area contributed by atoms with Crippen molar-refractivity contribution < 1.29 is 4.63 Å². The van der Waals surface area contributed by atoms with Crippen molar-refractivity contribution in [1.82, 2.24) is 25.4 Å².